The molecule has 0 spiro atoms. The predicted molar refractivity (Wildman–Crippen MR) is 72.9 cm³/mol. The largest absolute Gasteiger partial charge is 0.481 e. The summed E-state index contributed by atoms with van der Waals surface area (Å²) in [5.41, 5.74) is 0.269. The van der Waals surface area contributed by atoms with Gasteiger partial charge in [0.25, 0.3) is 0 Å². The van der Waals surface area contributed by atoms with Crippen LogP contribution in [0.2, 0.25) is 0 Å². The fourth-order valence-electron chi connectivity index (χ4n) is 2.10. The Kier molecular flexibility index (Phi) is 3.30. The highest BCUT2D eigenvalue weighted by atomic mass is 32.2. The SMILES string of the molecule is CC(C)(C(=O)O)c1ccc(N2CCCS2(=O)=O)cc1. The first kappa shape index (κ1) is 13.9. The summed E-state index contributed by atoms with van der Waals surface area (Å²) in [6.45, 7) is 3.73. The zero-order valence-electron chi connectivity index (χ0n) is 11.0. The van der Waals surface area contributed by atoms with Gasteiger partial charge >= 0.3 is 5.97 Å². The molecule has 1 aliphatic heterocycles. The highest BCUT2D eigenvalue weighted by molar-refractivity contribution is 7.93. The summed E-state index contributed by atoms with van der Waals surface area (Å²) in [6, 6.07) is 6.69. The van der Waals surface area contributed by atoms with Gasteiger partial charge in [-0.25, -0.2) is 8.42 Å². The average Bonchev–Trinajstić information content (AvgIpc) is 2.69. The van der Waals surface area contributed by atoms with Crippen molar-refractivity contribution in [1.29, 1.82) is 0 Å². The van der Waals surface area contributed by atoms with Crippen molar-refractivity contribution in [2.75, 3.05) is 16.6 Å². The highest BCUT2D eigenvalue weighted by Gasteiger charge is 2.31. The van der Waals surface area contributed by atoms with Crippen molar-refractivity contribution in [2.45, 2.75) is 25.7 Å². The molecular formula is C13H17NO4S. The first-order valence-electron chi connectivity index (χ1n) is 6.09. The van der Waals surface area contributed by atoms with Crippen molar-refractivity contribution in [3.63, 3.8) is 0 Å². The Bertz CT molecular complexity index is 590. The van der Waals surface area contributed by atoms with E-state index in [1.165, 1.54) is 4.31 Å². The first-order valence-corrected chi connectivity index (χ1v) is 7.70. The second kappa shape index (κ2) is 4.52. The number of carboxylic acids is 1. The summed E-state index contributed by atoms with van der Waals surface area (Å²) < 4.78 is 24.9. The smallest absolute Gasteiger partial charge is 0.313 e. The van der Waals surface area contributed by atoms with Crippen LogP contribution < -0.4 is 4.31 Å². The third kappa shape index (κ3) is 2.45. The van der Waals surface area contributed by atoms with Crippen LogP contribution in [0.15, 0.2) is 24.3 Å². The lowest BCUT2D eigenvalue weighted by Crippen LogP contribution is -2.29. The molecule has 1 heterocycles. The summed E-state index contributed by atoms with van der Waals surface area (Å²) >= 11 is 0. The molecule has 1 N–H and O–H groups in total. The Morgan fingerprint density at radius 1 is 1.26 bits per heavy atom. The van der Waals surface area contributed by atoms with Gasteiger partial charge in [-0.1, -0.05) is 12.1 Å². The minimum absolute atomic E-state index is 0.176. The van der Waals surface area contributed by atoms with Gasteiger partial charge in [-0.3, -0.25) is 9.10 Å². The van der Waals surface area contributed by atoms with Crippen molar-refractivity contribution in [1.82, 2.24) is 0 Å². The van der Waals surface area contributed by atoms with E-state index in [1.807, 2.05) is 0 Å². The molecule has 1 aliphatic rings. The monoisotopic (exact) mass is 283 g/mol. The molecule has 0 atom stereocenters. The Morgan fingerprint density at radius 3 is 2.26 bits per heavy atom. The van der Waals surface area contributed by atoms with Crippen molar-refractivity contribution < 1.29 is 18.3 Å². The van der Waals surface area contributed by atoms with Crippen LogP contribution in [0.3, 0.4) is 0 Å². The van der Waals surface area contributed by atoms with E-state index in [2.05, 4.69) is 0 Å². The molecule has 0 radical (unpaired) electrons. The molecule has 1 saturated heterocycles. The predicted octanol–water partition coefficient (Wildman–Crippen LogP) is 1.59. The summed E-state index contributed by atoms with van der Waals surface area (Å²) in [4.78, 5) is 11.2. The average molecular weight is 283 g/mol. The molecule has 0 saturated carbocycles. The second-order valence-corrected chi connectivity index (χ2v) is 7.23. The van der Waals surface area contributed by atoms with Crippen molar-refractivity contribution in [3.8, 4) is 0 Å². The Labute approximate surface area is 112 Å². The van der Waals surface area contributed by atoms with E-state index in [0.717, 1.165) is 0 Å². The molecule has 0 aliphatic carbocycles. The maximum atomic E-state index is 11.8. The van der Waals surface area contributed by atoms with Crippen LogP contribution in [0.1, 0.15) is 25.8 Å². The molecule has 0 aromatic heterocycles. The number of rotatable bonds is 3. The number of hydrogen-bond donors (Lipinski definition) is 1. The molecule has 1 fully saturated rings. The minimum atomic E-state index is -3.19. The van der Waals surface area contributed by atoms with E-state index >= 15 is 0 Å². The molecule has 2 rings (SSSR count). The molecule has 1 aromatic rings. The lowest BCUT2D eigenvalue weighted by molar-refractivity contribution is -0.142. The van der Waals surface area contributed by atoms with Gasteiger partial charge in [0, 0.05) is 6.54 Å². The van der Waals surface area contributed by atoms with E-state index in [4.69, 9.17) is 5.11 Å². The van der Waals surface area contributed by atoms with Crippen LogP contribution in [0, 0.1) is 0 Å². The number of carboxylic acid groups (broad SMARTS) is 1. The molecule has 6 heteroatoms. The minimum Gasteiger partial charge on any atom is -0.481 e. The number of nitrogens with zero attached hydrogens (tertiary/aromatic N) is 1. The number of sulfonamides is 1. The number of aliphatic carboxylic acids is 1. The maximum Gasteiger partial charge on any atom is 0.313 e. The van der Waals surface area contributed by atoms with Crippen LogP contribution in [-0.2, 0) is 20.2 Å². The summed E-state index contributed by atoms with van der Waals surface area (Å²) in [6.07, 6.45) is 0.630. The fraction of sp³-hybridized carbons (Fsp3) is 0.462. The summed E-state index contributed by atoms with van der Waals surface area (Å²) in [7, 11) is -3.19. The van der Waals surface area contributed by atoms with E-state index in [0.29, 0.717) is 24.2 Å². The third-order valence-corrected chi connectivity index (χ3v) is 5.38. The molecular weight excluding hydrogens is 266 g/mol. The van der Waals surface area contributed by atoms with Crippen LogP contribution in [-0.4, -0.2) is 31.8 Å². The summed E-state index contributed by atoms with van der Waals surface area (Å²) in [5.74, 6) is -0.732. The molecule has 0 amide bonds. The number of hydrogen-bond acceptors (Lipinski definition) is 3. The van der Waals surface area contributed by atoms with Gasteiger partial charge in [0.05, 0.1) is 16.9 Å². The van der Waals surface area contributed by atoms with Gasteiger partial charge in [0.2, 0.25) is 10.0 Å². The lowest BCUT2D eigenvalue weighted by Gasteiger charge is -2.22. The highest BCUT2D eigenvalue weighted by Crippen LogP contribution is 2.28. The van der Waals surface area contributed by atoms with Crippen LogP contribution in [0.4, 0.5) is 5.69 Å². The lowest BCUT2D eigenvalue weighted by atomic mass is 9.85. The standard InChI is InChI=1S/C13H17NO4S/c1-13(2,12(15)16)10-4-6-11(7-5-10)14-8-3-9-19(14,17)18/h4-7H,3,8-9H2,1-2H3,(H,15,16). The number of anilines is 1. The van der Waals surface area contributed by atoms with Gasteiger partial charge in [0.15, 0.2) is 0 Å². The van der Waals surface area contributed by atoms with Crippen molar-refractivity contribution in [2.24, 2.45) is 0 Å². The van der Waals surface area contributed by atoms with Gasteiger partial charge in [-0.05, 0) is 38.0 Å². The van der Waals surface area contributed by atoms with Crippen molar-refractivity contribution in [3.05, 3.63) is 29.8 Å². The van der Waals surface area contributed by atoms with E-state index in [1.54, 1.807) is 38.1 Å². The first-order chi connectivity index (χ1) is 8.75. The topological polar surface area (TPSA) is 74.7 Å². The van der Waals surface area contributed by atoms with Crippen LogP contribution in [0.25, 0.3) is 0 Å². The molecule has 0 unspecified atom stereocenters. The molecule has 0 bridgehead atoms. The Morgan fingerprint density at radius 2 is 1.84 bits per heavy atom. The quantitative estimate of drug-likeness (QED) is 0.914. The number of benzene rings is 1. The fourth-order valence-corrected chi connectivity index (χ4v) is 3.66. The van der Waals surface area contributed by atoms with Gasteiger partial charge in [-0.15, -0.1) is 0 Å². The molecule has 19 heavy (non-hydrogen) atoms. The van der Waals surface area contributed by atoms with Crippen LogP contribution in [0.5, 0.6) is 0 Å². The number of carbonyl (C=O) groups is 1. The van der Waals surface area contributed by atoms with Gasteiger partial charge in [0.1, 0.15) is 0 Å². The van der Waals surface area contributed by atoms with Crippen molar-refractivity contribution >= 4 is 21.7 Å². The molecule has 1 aromatic carbocycles. The molecule has 104 valence electrons. The van der Waals surface area contributed by atoms with Gasteiger partial charge < -0.3 is 5.11 Å². The Balaban J connectivity index is 2.32. The maximum absolute atomic E-state index is 11.8. The summed E-state index contributed by atoms with van der Waals surface area (Å²) in [5, 5.41) is 9.15. The third-order valence-electron chi connectivity index (χ3n) is 3.51. The van der Waals surface area contributed by atoms with Gasteiger partial charge in [-0.2, -0.15) is 0 Å². The molecule has 5 nitrogen and oxygen atoms in total. The zero-order chi connectivity index (χ0) is 14.3. The normalized spacial score (nSPS) is 18.5. The second-order valence-electron chi connectivity index (χ2n) is 5.22. The van der Waals surface area contributed by atoms with E-state index in [-0.39, 0.29) is 5.75 Å². The Hall–Kier alpha value is -1.56. The van der Waals surface area contributed by atoms with E-state index < -0.39 is 21.4 Å². The zero-order valence-corrected chi connectivity index (χ0v) is 11.8. The van der Waals surface area contributed by atoms with Crippen LogP contribution >= 0.6 is 0 Å². The van der Waals surface area contributed by atoms with E-state index in [9.17, 15) is 13.2 Å².